The molecular formula is C20H30N4O2. The van der Waals surface area contributed by atoms with Gasteiger partial charge in [0.15, 0.2) is 5.96 Å². The SMILES string of the molecule is CCNC(=NCc1c(CC)noc1CC)NCCCOc1ccccc1. The molecule has 0 aliphatic carbocycles. The Hall–Kier alpha value is -2.50. The van der Waals surface area contributed by atoms with Crippen LogP contribution < -0.4 is 15.4 Å². The third-order valence-corrected chi connectivity index (χ3v) is 3.97. The molecule has 0 aliphatic heterocycles. The van der Waals surface area contributed by atoms with E-state index in [1.807, 2.05) is 30.3 Å². The lowest BCUT2D eigenvalue weighted by Gasteiger charge is -2.12. The molecule has 6 heteroatoms. The first-order valence-corrected chi connectivity index (χ1v) is 9.44. The fourth-order valence-electron chi connectivity index (χ4n) is 2.60. The molecule has 2 rings (SSSR count). The molecular weight excluding hydrogens is 328 g/mol. The van der Waals surface area contributed by atoms with Crippen molar-refractivity contribution in [3.8, 4) is 5.75 Å². The summed E-state index contributed by atoms with van der Waals surface area (Å²) in [6, 6.07) is 9.87. The Bertz CT molecular complexity index is 646. The minimum atomic E-state index is 0.575. The summed E-state index contributed by atoms with van der Waals surface area (Å²) < 4.78 is 11.1. The summed E-state index contributed by atoms with van der Waals surface area (Å²) in [5.74, 6) is 2.63. The van der Waals surface area contributed by atoms with Gasteiger partial charge in [0, 0.05) is 25.1 Å². The van der Waals surface area contributed by atoms with Gasteiger partial charge in [0.25, 0.3) is 0 Å². The standard InChI is InChI=1S/C20H30N4O2/c1-4-18-17(19(5-2)26-24-18)15-23-20(21-6-3)22-13-10-14-25-16-11-8-7-9-12-16/h7-9,11-12H,4-6,10,13-15H2,1-3H3,(H2,21,22,23). The van der Waals surface area contributed by atoms with Gasteiger partial charge < -0.3 is 19.9 Å². The molecule has 0 amide bonds. The predicted octanol–water partition coefficient (Wildman–Crippen LogP) is 3.32. The molecule has 2 N–H and O–H groups in total. The van der Waals surface area contributed by atoms with Crippen LogP contribution in [0.1, 0.15) is 44.2 Å². The monoisotopic (exact) mass is 358 g/mol. The van der Waals surface area contributed by atoms with E-state index in [9.17, 15) is 0 Å². The number of ether oxygens (including phenoxy) is 1. The Kier molecular flexibility index (Phi) is 8.52. The largest absolute Gasteiger partial charge is 0.494 e. The van der Waals surface area contributed by atoms with E-state index in [0.29, 0.717) is 13.2 Å². The second-order valence-corrected chi connectivity index (χ2v) is 5.88. The molecule has 1 heterocycles. The van der Waals surface area contributed by atoms with Crippen LogP contribution in [0.2, 0.25) is 0 Å². The van der Waals surface area contributed by atoms with E-state index in [1.165, 1.54) is 0 Å². The van der Waals surface area contributed by atoms with E-state index in [2.05, 4.69) is 41.6 Å². The van der Waals surface area contributed by atoms with Gasteiger partial charge >= 0.3 is 0 Å². The first kappa shape index (κ1) is 19.8. The quantitative estimate of drug-likeness (QED) is 0.387. The van der Waals surface area contributed by atoms with E-state index in [0.717, 1.165) is 61.1 Å². The smallest absolute Gasteiger partial charge is 0.191 e. The fraction of sp³-hybridized carbons (Fsp3) is 0.500. The molecule has 2 aromatic rings. The zero-order chi connectivity index (χ0) is 18.6. The Morgan fingerprint density at radius 2 is 1.92 bits per heavy atom. The zero-order valence-corrected chi connectivity index (χ0v) is 16.0. The highest BCUT2D eigenvalue weighted by Crippen LogP contribution is 2.16. The van der Waals surface area contributed by atoms with E-state index in [-0.39, 0.29) is 0 Å². The number of para-hydroxylation sites is 1. The summed E-state index contributed by atoms with van der Waals surface area (Å²) in [5.41, 5.74) is 2.11. The molecule has 26 heavy (non-hydrogen) atoms. The summed E-state index contributed by atoms with van der Waals surface area (Å²) in [4.78, 5) is 4.68. The van der Waals surface area contributed by atoms with E-state index in [4.69, 9.17) is 9.26 Å². The average Bonchev–Trinajstić information content (AvgIpc) is 3.08. The maximum Gasteiger partial charge on any atom is 0.191 e. The van der Waals surface area contributed by atoms with Crippen LogP contribution in [0.5, 0.6) is 5.75 Å². The van der Waals surface area contributed by atoms with Crippen molar-refractivity contribution >= 4 is 5.96 Å². The molecule has 142 valence electrons. The minimum absolute atomic E-state index is 0.575. The van der Waals surface area contributed by atoms with Crippen molar-refractivity contribution in [2.75, 3.05) is 19.7 Å². The summed E-state index contributed by atoms with van der Waals surface area (Å²) in [5, 5.41) is 10.8. The van der Waals surface area contributed by atoms with Crippen molar-refractivity contribution in [1.82, 2.24) is 15.8 Å². The summed E-state index contributed by atoms with van der Waals surface area (Å²) in [7, 11) is 0. The van der Waals surface area contributed by atoms with Gasteiger partial charge in [0.1, 0.15) is 11.5 Å². The lowest BCUT2D eigenvalue weighted by molar-refractivity contribution is 0.311. The van der Waals surface area contributed by atoms with Gasteiger partial charge in [-0.1, -0.05) is 37.2 Å². The van der Waals surface area contributed by atoms with Gasteiger partial charge in [-0.05, 0) is 31.9 Å². The Morgan fingerprint density at radius 3 is 2.62 bits per heavy atom. The number of aryl methyl sites for hydroxylation is 2. The highest BCUT2D eigenvalue weighted by molar-refractivity contribution is 5.79. The molecule has 6 nitrogen and oxygen atoms in total. The number of hydrogen-bond donors (Lipinski definition) is 2. The minimum Gasteiger partial charge on any atom is -0.494 e. The van der Waals surface area contributed by atoms with Crippen LogP contribution in [0.15, 0.2) is 39.8 Å². The molecule has 0 atom stereocenters. The van der Waals surface area contributed by atoms with E-state index >= 15 is 0 Å². The topological polar surface area (TPSA) is 71.7 Å². The first-order chi connectivity index (χ1) is 12.8. The Labute approximate surface area is 156 Å². The molecule has 0 saturated heterocycles. The van der Waals surface area contributed by atoms with Crippen molar-refractivity contribution in [2.45, 2.75) is 46.6 Å². The number of aliphatic imine (C=N–C) groups is 1. The van der Waals surface area contributed by atoms with Crippen molar-refractivity contribution < 1.29 is 9.26 Å². The van der Waals surface area contributed by atoms with Crippen LogP contribution in [0, 0.1) is 0 Å². The zero-order valence-electron chi connectivity index (χ0n) is 16.0. The van der Waals surface area contributed by atoms with Gasteiger partial charge in [-0.3, -0.25) is 0 Å². The lowest BCUT2D eigenvalue weighted by atomic mass is 10.1. The molecule has 0 spiro atoms. The highest BCUT2D eigenvalue weighted by atomic mass is 16.5. The molecule has 1 aromatic carbocycles. The molecule has 1 aromatic heterocycles. The number of hydrogen-bond acceptors (Lipinski definition) is 4. The van der Waals surface area contributed by atoms with Gasteiger partial charge in [-0.2, -0.15) is 0 Å². The van der Waals surface area contributed by atoms with E-state index in [1.54, 1.807) is 0 Å². The van der Waals surface area contributed by atoms with Crippen LogP contribution in [0.4, 0.5) is 0 Å². The average molecular weight is 358 g/mol. The molecule has 0 fully saturated rings. The van der Waals surface area contributed by atoms with Gasteiger partial charge in [0.2, 0.25) is 0 Å². The van der Waals surface area contributed by atoms with Crippen LogP contribution in [0.25, 0.3) is 0 Å². The Morgan fingerprint density at radius 1 is 1.12 bits per heavy atom. The summed E-state index contributed by atoms with van der Waals surface area (Å²) in [6.45, 7) is 9.07. The fourth-order valence-corrected chi connectivity index (χ4v) is 2.60. The summed E-state index contributed by atoms with van der Waals surface area (Å²) in [6.07, 6.45) is 2.58. The maximum atomic E-state index is 5.71. The van der Waals surface area contributed by atoms with Crippen LogP contribution in [-0.4, -0.2) is 30.8 Å². The van der Waals surface area contributed by atoms with Gasteiger partial charge in [-0.15, -0.1) is 0 Å². The Balaban J connectivity index is 1.82. The number of nitrogens with one attached hydrogen (secondary N) is 2. The van der Waals surface area contributed by atoms with Crippen molar-refractivity contribution in [2.24, 2.45) is 4.99 Å². The number of rotatable bonds is 10. The molecule has 0 unspecified atom stereocenters. The van der Waals surface area contributed by atoms with Crippen LogP contribution in [-0.2, 0) is 19.4 Å². The van der Waals surface area contributed by atoms with E-state index < -0.39 is 0 Å². The summed E-state index contributed by atoms with van der Waals surface area (Å²) >= 11 is 0. The van der Waals surface area contributed by atoms with Crippen molar-refractivity contribution in [3.63, 3.8) is 0 Å². The molecule has 0 bridgehead atoms. The van der Waals surface area contributed by atoms with Gasteiger partial charge in [-0.25, -0.2) is 4.99 Å². The van der Waals surface area contributed by atoms with Crippen LogP contribution in [0.3, 0.4) is 0 Å². The number of aromatic nitrogens is 1. The molecule has 0 saturated carbocycles. The van der Waals surface area contributed by atoms with Crippen molar-refractivity contribution in [1.29, 1.82) is 0 Å². The second-order valence-electron chi connectivity index (χ2n) is 5.88. The normalized spacial score (nSPS) is 11.4. The predicted molar refractivity (Wildman–Crippen MR) is 105 cm³/mol. The number of nitrogens with zero attached hydrogens (tertiary/aromatic N) is 2. The van der Waals surface area contributed by atoms with Crippen molar-refractivity contribution in [3.05, 3.63) is 47.3 Å². The number of guanidine groups is 1. The van der Waals surface area contributed by atoms with Gasteiger partial charge in [0.05, 0.1) is 18.8 Å². The number of benzene rings is 1. The molecule has 0 aliphatic rings. The third-order valence-electron chi connectivity index (χ3n) is 3.97. The lowest BCUT2D eigenvalue weighted by Crippen LogP contribution is -2.38. The molecule has 0 radical (unpaired) electrons. The highest BCUT2D eigenvalue weighted by Gasteiger charge is 2.12. The van der Waals surface area contributed by atoms with Crippen LogP contribution >= 0.6 is 0 Å². The second kappa shape index (κ2) is 11.2. The first-order valence-electron chi connectivity index (χ1n) is 9.44. The third kappa shape index (κ3) is 6.10. The maximum absolute atomic E-state index is 5.71.